The maximum atomic E-state index is 11.5. The van der Waals surface area contributed by atoms with E-state index in [1.165, 1.54) is 16.3 Å². The van der Waals surface area contributed by atoms with Crippen molar-refractivity contribution in [1.82, 2.24) is 5.32 Å². The summed E-state index contributed by atoms with van der Waals surface area (Å²) in [5, 5.41) is 15.7. The van der Waals surface area contributed by atoms with Gasteiger partial charge in [-0.3, -0.25) is 0 Å². The molecule has 0 saturated heterocycles. The van der Waals surface area contributed by atoms with Crippen LogP contribution in [0.5, 0.6) is 5.75 Å². The van der Waals surface area contributed by atoms with Crippen LogP contribution in [0, 0.1) is 0 Å². The maximum Gasteiger partial charge on any atom is 0.335 e. The van der Waals surface area contributed by atoms with Gasteiger partial charge >= 0.3 is 5.97 Å². The highest BCUT2D eigenvalue weighted by atomic mass is 35.5. The molecular formula is C31H32ClNO3. The Morgan fingerprint density at radius 3 is 2.58 bits per heavy atom. The lowest BCUT2D eigenvalue weighted by atomic mass is 9.83. The molecule has 2 unspecified atom stereocenters. The molecule has 0 spiro atoms. The third kappa shape index (κ3) is 5.89. The van der Waals surface area contributed by atoms with E-state index in [0.717, 1.165) is 55.6 Å². The number of carboxylic acids is 1. The van der Waals surface area contributed by atoms with E-state index in [2.05, 4.69) is 53.8 Å². The van der Waals surface area contributed by atoms with Crippen molar-refractivity contribution < 1.29 is 14.6 Å². The Morgan fingerprint density at radius 1 is 0.917 bits per heavy atom. The Bertz CT molecular complexity index is 1320. The first-order valence-corrected chi connectivity index (χ1v) is 12.5. The Morgan fingerprint density at radius 2 is 1.69 bits per heavy atom. The van der Waals surface area contributed by atoms with Crippen LogP contribution >= 0.6 is 12.4 Å². The molecule has 2 N–H and O–H groups in total. The van der Waals surface area contributed by atoms with E-state index in [1.807, 2.05) is 30.3 Å². The number of benzene rings is 4. The quantitative estimate of drug-likeness (QED) is 0.246. The Balaban J connectivity index is 0.00000304. The van der Waals surface area contributed by atoms with Gasteiger partial charge in [-0.05, 0) is 78.9 Å². The summed E-state index contributed by atoms with van der Waals surface area (Å²) < 4.78 is 6.34. The van der Waals surface area contributed by atoms with Crippen LogP contribution in [-0.2, 0) is 6.42 Å². The van der Waals surface area contributed by atoms with Crippen molar-refractivity contribution in [3.63, 3.8) is 0 Å². The van der Waals surface area contributed by atoms with Crippen molar-refractivity contribution in [2.45, 2.75) is 37.7 Å². The molecule has 0 aliphatic carbocycles. The van der Waals surface area contributed by atoms with Gasteiger partial charge in [0.2, 0.25) is 0 Å². The lowest BCUT2D eigenvalue weighted by molar-refractivity contribution is 0.0696. The fourth-order valence-electron chi connectivity index (χ4n) is 5.19. The first-order chi connectivity index (χ1) is 17.2. The summed E-state index contributed by atoms with van der Waals surface area (Å²) in [6, 6.07) is 30.6. The third-order valence-corrected chi connectivity index (χ3v) is 6.95. The zero-order valence-corrected chi connectivity index (χ0v) is 21.0. The molecule has 186 valence electrons. The molecule has 0 saturated carbocycles. The molecule has 0 aromatic heterocycles. The number of rotatable bonds is 9. The van der Waals surface area contributed by atoms with Gasteiger partial charge < -0.3 is 15.2 Å². The minimum atomic E-state index is -0.890. The highest BCUT2D eigenvalue weighted by molar-refractivity contribution is 5.88. The van der Waals surface area contributed by atoms with Gasteiger partial charge in [0, 0.05) is 11.5 Å². The number of carbonyl (C=O) groups is 1. The van der Waals surface area contributed by atoms with Crippen LogP contribution in [0.1, 0.15) is 52.2 Å². The van der Waals surface area contributed by atoms with Crippen LogP contribution in [0.3, 0.4) is 0 Å². The first-order valence-electron chi connectivity index (χ1n) is 12.5. The fourth-order valence-corrected chi connectivity index (χ4v) is 5.19. The van der Waals surface area contributed by atoms with Crippen LogP contribution in [-0.4, -0.2) is 30.3 Å². The Labute approximate surface area is 218 Å². The molecule has 0 radical (unpaired) electrons. The zero-order valence-electron chi connectivity index (χ0n) is 20.2. The molecular weight excluding hydrogens is 470 g/mol. The van der Waals surface area contributed by atoms with Crippen molar-refractivity contribution in [1.29, 1.82) is 0 Å². The van der Waals surface area contributed by atoms with Crippen LogP contribution < -0.4 is 10.1 Å². The monoisotopic (exact) mass is 501 g/mol. The molecule has 4 nitrogen and oxygen atoms in total. The van der Waals surface area contributed by atoms with E-state index in [4.69, 9.17) is 4.74 Å². The van der Waals surface area contributed by atoms with Gasteiger partial charge in [-0.2, -0.15) is 0 Å². The van der Waals surface area contributed by atoms with E-state index in [9.17, 15) is 9.90 Å². The summed E-state index contributed by atoms with van der Waals surface area (Å²) in [5.41, 5.74) is 3.89. The van der Waals surface area contributed by atoms with Gasteiger partial charge in [-0.1, -0.05) is 72.8 Å². The topological polar surface area (TPSA) is 58.6 Å². The average molecular weight is 502 g/mol. The summed E-state index contributed by atoms with van der Waals surface area (Å²) >= 11 is 0. The summed E-state index contributed by atoms with van der Waals surface area (Å²) in [5.74, 6) is 0.167. The molecule has 1 heterocycles. The van der Waals surface area contributed by atoms with Crippen LogP contribution in [0.4, 0.5) is 0 Å². The van der Waals surface area contributed by atoms with Gasteiger partial charge in [-0.15, -0.1) is 12.4 Å². The van der Waals surface area contributed by atoms with Gasteiger partial charge in [0.15, 0.2) is 0 Å². The summed E-state index contributed by atoms with van der Waals surface area (Å²) in [6.07, 6.45) is 3.98. The largest absolute Gasteiger partial charge is 0.490 e. The molecule has 0 amide bonds. The highest BCUT2D eigenvalue weighted by Gasteiger charge is 2.29. The maximum absolute atomic E-state index is 11.5. The van der Waals surface area contributed by atoms with Crippen LogP contribution in [0.2, 0.25) is 0 Å². The Kier molecular flexibility index (Phi) is 8.63. The Hall–Kier alpha value is -3.34. The number of ether oxygens (including phenoxy) is 1. The van der Waals surface area contributed by atoms with E-state index in [1.54, 1.807) is 12.1 Å². The van der Waals surface area contributed by atoms with Crippen molar-refractivity contribution >= 4 is 29.1 Å². The van der Waals surface area contributed by atoms with Crippen LogP contribution in [0.15, 0.2) is 91.0 Å². The van der Waals surface area contributed by atoms with Gasteiger partial charge in [0.05, 0.1) is 11.7 Å². The van der Waals surface area contributed by atoms with E-state index in [0.29, 0.717) is 5.56 Å². The number of hydrogen-bond acceptors (Lipinski definition) is 3. The number of para-hydroxylation sites is 1. The standard InChI is InChI=1S/C31H31NO3.ClH/c33-31(34)25-12-6-11-24(20-25)29-21-26(35-30-16-4-3-15-28(29)30)13-7-18-32-19-17-23-10-5-9-22-8-1-2-14-27(22)23;/h1-6,8-12,14-16,20,26,29,32H,7,13,17-19,21H2,(H,33,34);1H. The number of nitrogens with one attached hydrogen (secondary N) is 1. The number of fused-ring (bicyclic) bond motifs is 2. The van der Waals surface area contributed by atoms with Crippen molar-refractivity contribution in [3.8, 4) is 5.75 Å². The molecule has 1 aliphatic rings. The minimum Gasteiger partial charge on any atom is -0.490 e. The molecule has 5 rings (SSSR count). The number of halogens is 1. The number of aromatic carboxylic acids is 1. The van der Waals surface area contributed by atoms with Crippen molar-refractivity contribution in [2.75, 3.05) is 13.1 Å². The second-order valence-electron chi connectivity index (χ2n) is 9.28. The highest BCUT2D eigenvalue weighted by Crippen LogP contribution is 2.41. The average Bonchev–Trinajstić information content (AvgIpc) is 2.90. The predicted octanol–water partition coefficient (Wildman–Crippen LogP) is 6.86. The SMILES string of the molecule is Cl.O=C(O)c1cccc(C2CC(CCCNCCc3cccc4ccccc34)Oc3ccccc32)c1. The molecule has 0 fully saturated rings. The van der Waals surface area contributed by atoms with E-state index >= 15 is 0 Å². The summed E-state index contributed by atoms with van der Waals surface area (Å²) in [4.78, 5) is 11.5. The molecule has 0 bridgehead atoms. The lowest BCUT2D eigenvalue weighted by Crippen LogP contribution is -2.28. The van der Waals surface area contributed by atoms with Crippen LogP contribution in [0.25, 0.3) is 10.8 Å². The van der Waals surface area contributed by atoms with E-state index in [-0.39, 0.29) is 24.4 Å². The van der Waals surface area contributed by atoms with Gasteiger partial charge in [0.25, 0.3) is 0 Å². The summed E-state index contributed by atoms with van der Waals surface area (Å²) in [7, 11) is 0. The van der Waals surface area contributed by atoms with Crippen molar-refractivity contribution in [2.24, 2.45) is 0 Å². The lowest BCUT2D eigenvalue weighted by Gasteiger charge is -2.33. The van der Waals surface area contributed by atoms with E-state index < -0.39 is 5.97 Å². The van der Waals surface area contributed by atoms with Crippen molar-refractivity contribution in [3.05, 3.63) is 113 Å². The molecule has 4 aromatic carbocycles. The first kappa shape index (κ1) is 25.7. The normalized spacial score (nSPS) is 16.6. The second-order valence-corrected chi connectivity index (χ2v) is 9.28. The second kappa shape index (κ2) is 12.1. The fraction of sp³-hybridized carbons (Fsp3) is 0.258. The molecule has 36 heavy (non-hydrogen) atoms. The smallest absolute Gasteiger partial charge is 0.335 e. The van der Waals surface area contributed by atoms with Gasteiger partial charge in [0.1, 0.15) is 5.75 Å². The molecule has 4 aromatic rings. The number of carboxylic acid groups (broad SMARTS) is 1. The minimum absolute atomic E-state index is 0. The molecule has 5 heteroatoms. The number of hydrogen-bond donors (Lipinski definition) is 2. The molecule has 2 atom stereocenters. The third-order valence-electron chi connectivity index (χ3n) is 6.95. The molecule has 1 aliphatic heterocycles. The summed E-state index contributed by atoms with van der Waals surface area (Å²) in [6.45, 7) is 1.90. The zero-order chi connectivity index (χ0) is 24.0. The predicted molar refractivity (Wildman–Crippen MR) is 148 cm³/mol. The van der Waals surface area contributed by atoms with Gasteiger partial charge in [-0.25, -0.2) is 4.79 Å².